The van der Waals surface area contributed by atoms with Crippen molar-refractivity contribution in [2.45, 2.75) is 11.7 Å². The maximum absolute atomic E-state index is 14.6. The van der Waals surface area contributed by atoms with Crippen molar-refractivity contribution in [3.05, 3.63) is 77.5 Å². The van der Waals surface area contributed by atoms with E-state index in [9.17, 15) is 22.4 Å². The van der Waals surface area contributed by atoms with Crippen LogP contribution in [0.4, 0.5) is 17.6 Å². The molecule has 3 heterocycles. The van der Waals surface area contributed by atoms with Crippen molar-refractivity contribution in [2.75, 3.05) is 7.05 Å². The van der Waals surface area contributed by atoms with Crippen LogP contribution in [0.15, 0.2) is 59.9 Å². The van der Waals surface area contributed by atoms with Crippen LogP contribution < -0.4 is 5.73 Å². The van der Waals surface area contributed by atoms with E-state index in [0.29, 0.717) is 11.8 Å². The van der Waals surface area contributed by atoms with E-state index in [2.05, 4.69) is 20.2 Å². The molecule has 0 saturated heterocycles. The summed E-state index contributed by atoms with van der Waals surface area (Å²) in [6.45, 7) is 0. The number of nitrogens with zero attached hydrogens (tertiary/aromatic N) is 5. The number of hydrogen-bond acceptors (Lipinski definition) is 6. The predicted octanol–water partition coefficient (Wildman–Crippen LogP) is 2.73. The van der Waals surface area contributed by atoms with E-state index >= 15 is 0 Å². The number of carbonyl (C=O) groups is 1. The molecule has 7 nitrogen and oxygen atoms in total. The lowest BCUT2D eigenvalue weighted by atomic mass is 9.82. The molecule has 0 radical (unpaired) electrons. The van der Waals surface area contributed by atoms with Gasteiger partial charge in [-0.05, 0) is 53.6 Å². The fourth-order valence-electron chi connectivity index (χ4n) is 3.40. The Morgan fingerprint density at radius 2 is 1.84 bits per heavy atom. The summed E-state index contributed by atoms with van der Waals surface area (Å²) < 4.78 is 54.5. The number of benzene rings is 1. The number of rotatable bonds is 3. The van der Waals surface area contributed by atoms with E-state index in [0.717, 1.165) is 17.2 Å². The minimum atomic E-state index is -4.76. The van der Waals surface area contributed by atoms with Crippen LogP contribution in [0.3, 0.4) is 0 Å². The van der Waals surface area contributed by atoms with Gasteiger partial charge in [0.2, 0.25) is 0 Å². The second-order valence-electron chi connectivity index (χ2n) is 6.81. The number of pyridine rings is 1. The van der Waals surface area contributed by atoms with Crippen molar-refractivity contribution in [3.63, 3.8) is 0 Å². The number of carbonyl (C=O) groups excluding carboxylic acids is 1. The molecule has 0 aliphatic carbocycles. The molecule has 31 heavy (non-hydrogen) atoms. The van der Waals surface area contributed by atoms with Gasteiger partial charge in [0.25, 0.3) is 5.91 Å². The molecule has 0 spiro atoms. The molecule has 1 amide bonds. The number of likely N-dealkylation sites (N-methyl/N-ethyl adjacent to an activating group) is 1. The van der Waals surface area contributed by atoms with Crippen LogP contribution in [0.2, 0.25) is 0 Å². The zero-order valence-electron chi connectivity index (χ0n) is 15.9. The Balaban J connectivity index is 1.99. The molecule has 1 aliphatic rings. The first-order valence-electron chi connectivity index (χ1n) is 8.89. The van der Waals surface area contributed by atoms with Gasteiger partial charge in [-0.25, -0.2) is 9.38 Å². The van der Waals surface area contributed by atoms with E-state index < -0.39 is 29.1 Å². The van der Waals surface area contributed by atoms with Gasteiger partial charge in [-0.2, -0.15) is 23.4 Å². The number of amides is 1. The molecule has 0 fully saturated rings. The van der Waals surface area contributed by atoms with Gasteiger partial charge in [-0.15, -0.1) is 0 Å². The number of guanidine groups is 1. The predicted molar refractivity (Wildman–Crippen MR) is 102 cm³/mol. The number of aliphatic imine (C=N–C) groups is 1. The van der Waals surface area contributed by atoms with Gasteiger partial charge in [-0.1, -0.05) is 0 Å². The lowest BCUT2D eigenvalue weighted by Gasteiger charge is -2.27. The molecular formula is C20H14F4N6O. The van der Waals surface area contributed by atoms with Crippen molar-refractivity contribution < 1.29 is 22.4 Å². The van der Waals surface area contributed by atoms with Gasteiger partial charge >= 0.3 is 6.18 Å². The van der Waals surface area contributed by atoms with Crippen molar-refractivity contribution in [3.8, 4) is 11.3 Å². The van der Waals surface area contributed by atoms with E-state index in [1.807, 2.05) is 0 Å². The van der Waals surface area contributed by atoms with Crippen LogP contribution in [0, 0.1) is 5.82 Å². The zero-order chi connectivity index (χ0) is 22.4. The lowest BCUT2D eigenvalue weighted by Crippen LogP contribution is -2.41. The van der Waals surface area contributed by atoms with Crippen LogP contribution in [0.25, 0.3) is 11.3 Å². The maximum atomic E-state index is 14.6. The second kappa shape index (κ2) is 7.11. The van der Waals surface area contributed by atoms with E-state index in [1.165, 1.54) is 31.4 Å². The molecular weight excluding hydrogens is 416 g/mol. The zero-order valence-corrected chi connectivity index (χ0v) is 15.9. The average molecular weight is 430 g/mol. The third-order valence-electron chi connectivity index (χ3n) is 4.89. The number of nitrogens with two attached hydrogens (primary N) is 1. The van der Waals surface area contributed by atoms with Crippen LogP contribution in [-0.4, -0.2) is 39.0 Å². The largest absolute Gasteiger partial charge is 0.433 e. The number of hydrogen-bond donors (Lipinski definition) is 1. The average Bonchev–Trinajstić information content (AvgIpc) is 2.98. The summed E-state index contributed by atoms with van der Waals surface area (Å²) in [5.41, 5.74) is 3.00. The van der Waals surface area contributed by atoms with Gasteiger partial charge in [0.05, 0.1) is 5.69 Å². The number of aromatic nitrogens is 3. The van der Waals surface area contributed by atoms with Crippen LogP contribution in [0.1, 0.15) is 16.8 Å². The summed E-state index contributed by atoms with van der Waals surface area (Å²) in [7, 11) is 1.33. The molecule has 1 unspecified atom stereocenters. The Labute approximate surface area is 173 Å². The first-order valence-corrected chi connectivity index (χ1v) is 8.89. The summed E-state index contributed by atoms with van der Waals surface area (Å²) in [6.07, 6.45) is -2.41. The van der Waals surface area contributed by atoms with Crippen molar-refractivity contribution in [1.29, 1.82) is 0 Å². The van der Waals surface area contributed by atoms with E-state index in [-0.39, 0.29) is 22.6 Å². The Bertz CT molecular complexity index is 1200. The van der Waals surface area contributed by atoms with Crippen molar-refractivity contribution in [2.24, 2.45) is 10.7 Å². The Morgan fingerprint density at radius 1 is 1.06 bits per heavy atom. The Kier molecular flexibility index (Phi) is 4.68. The molecule has 1 aromatic carbocycles. The fourth-order valence-corrected chi connectivity index (χ4v) is 3.40. The van der Waals surface area contributed by atoms with Crippen molar-refractivity contribution in [1.82, 2.24) is 20.1 Å². The summed E-state index contributed by atoms with van der Waals surface area (Å²) in [5, 5.41) is 7.66. The Morgan fingerprint density at radius 3 is 2.45 bits per heavy atom. The third kappa shape index (κ3) is 3.37. The molecule has 4 rings (SSSR count). The molecule has 2 aromatic heterocycles. The highest BCUT2D eigenvalue weighted by molar-refractivity contribution is 6.09. The Hall–Kier alpha value is -3.89. The molecule has 3 aromatic rings. The normalized spacial score (nSPS) is 18.9. The molecule has 158 valence electrons. The molecule has 1 aliphatic heterocycles. The summed E-state index contributed by atoms with van der Waals surface area (Å²) in [5.74, 6) is -1.69. The summed E-state index contributed by atoms with van der Waals surface area (Å²) >= 11 is 0. The van der Waals surface area contributed by atoms with Crippen molar-refractivity contribution >= 4 is 11.9 Å². The maximum Gasteiger partial charge on any atom is 0.433 e. The topological polar surface area (TPSA) is 97.4 Å². The quantitative estimate of drug-likeness (QED) is 0.645. The van der Waals surface area contributed by atoms with Crippen LogP contribution >= 0.6 is 0 Å². The molecule has 2 N–H and O–H groups in total. The second-order valence-corrected chi connectivity index (χ2v) is 6.81. The lowest BCUT2D eigenvalue weighted by molar-refractivity contribution is -0.141. The first-order chi connectivity index (χ1) is 14.6. The standard InChI is InChI=1S/C20H14F4N6O/c1-30-17(31)19(28-18(30)25,12-4-6-26-16(10-12)20(22,23)24)13-7-11(8-14(21)9-13)15-3-2-5-27-29-15/h2-10H,1H3,(H2,25,28). The van der Waals surface area contributed by atoms with Gasteiger partial charge in [0, 0.05) is 25.0 Å². The highest BCUT2D eigenvalue weighted by atomic mass is 19.4. The minimum Gasteiger partial charge on any atom is -0.369 e. The van der Waals surface area contributed by atoms with E-state index in [4.69, 9.17) is 5.73 Å². The number of halogens is 4. The third-order valence-corrected chi connectivity index (χ3v) is 4.89. The van der Waals surface area contributed by atoms with E-state index in [1.54, 1.807) is 12.1 Å². The molecule has 0 bridgehead atoms. The summed E-state index contributed by atoms with van der Waals surface area (Å²) in [6, 6.07) is 8.72. The van der Waals surface area contributed by atoms with Crippen LogP contribution in [0.5, 0.6) is 0 Å². The minimum absolute atomic E-state index is 0.00947. The highest BCUT2D eigenvalue weighted by Gasteiger charge is 2.50. The van der Waals surface area contributed by atoms with Gasteiger partial charge in [0.15, 0.2) is 11.5 Å². The monoisotopic (exact) mass is 430 g/mol. The van der Waals surface area contributed by atoms with Gasteiger partial charge in [-0.3, -0.25) is 14.7 Å². The van der Waals surface area contributed by atoms with Crippen LogP contribution in [-0.2, 0) is 16.5 Å². The molecule has 0 saturated carbocycles. The first kappa shape index (κ1) is 20.4. The highest BCUT2D eigenvalue weighted by Crippen LogP contribution is 2.42. The smallest absolute Gasteiger partial charge is 0.369 e. The fraction of sp³-hybridized carbons (Fsp3) is 0.150. The van der Waals surface area contributed by atoms with Gasteiger partial charge < -0.3 is 5.73 Å². The summed E-state index contributed by atoms with van der Waals surface area (Å²) in [4.78, 5) is 21.8. The number of alkyl halides is 3. The SMILES string of the molecule is CN1C(=O)C(c2cc(F)cc(-c3cccnn3)c2)(c2ccnc(C(F)(F)F)c2)N=C1N. The van der Waals surface area contributed by atoms with Gasteiger partial charge in [0.1, 0.15) is 11.5 Å². The molecule has 1 atom stereocenters. The molecule has 11 heteroatoms.